The Bertz CT molecular complexity index is 586. The van der Waals surface area contributed by atoms with E-state index in [9.17, 15) is 4.39 Å². The van der Waals surface area contributed by atoms with Crippen LogP contribution in [-0.2, 0) is 0 Å². The molecule has 0 aliphatic carbocycles. The van der Waals surface area contributed by atoms with Gasteiger partial charge in [-0.2, -0.15) is 0 Å². The van der Waals surface area contributed by atoms with Gasteiger partial charge in [-0.05, 0) is 78.9 Å². The van der Waals surface area contributed by atoms with E-state index in [-0.39, 0.29) is 11.9 Å². The Morgan fingerprint density at radius 1 is 1.19 bits per heavy atom. The minimum absolute atomic E-state index is 0.0926. The number of halogens is 2. The first-order chi connectivity index (χ1) is 10.1. The van der Waals surface area contributed by atoms with Crippen molar-refractivity contribution in [3.8, 4) is 11.5 Å². The molecule has 0 fully saturated rings. The summed E-state index contributed by atoms with van der Waals surface area (Å²) in [5, 5.41) is 3.30. The fourth-order valence-corrected chi connectivity index (χ4v) is 2.48. The zero-order valence-corrected chi connectivity index (χ0v) is 14.4. The molecule has 0 radical (unpaired) electrons. The zero-order chi connectivity index (χ0) is 15.2. The molecule has 21 heavy (non-hydrogen) atoms. The number of ether oxygens (including phenoxy) is 1. The van der Waals surface area contributed by atoms with Crippen molar-refractivity contribution in [2.45, 2.75) is 26.3 Å². The van der Waals surface area contributed by atoms with Crippen LogP contribution >= 0.6 is 22.6 Å². The van der Waals surface area contributed by atoms with Crippen LogP contribution in [0, 0.1) is 9.39 Å². The van der Waals surface area contributed by atoms with Gasteiger partial charge in [-0.25, -0.2) is 4.39 Å². The maximum atomic E-state index is 14.2. The summed E-state index contributed by atoms with van der Waals surface area (Å²) >= 11 is 2.24. The van der Waals surface area contributed by atoms with E-state index in [0.717, 1.165) is 16.5 Å². The predicted molar refractivity (Wildman–Crippen MR) is 92.3 cm³/mol. The maximum Gasteiger partial charge on any atom is 0.135 e. The molecule has 4 heteroatoms. The van der Waals surface area contributed by atoms with Gasteiger partial charge in [-0.15, -0.1) is 0 Å². The molecule has 1 unspecified atom stereocenters. The molecule has 0 aliphatic heterocycles. The van der Waals surface area contributed by atoms with Crippen LogP contribution in [0.3, 0.4) is 0 Å². The lowest BCUT2D eigenvalue weighted by atomic mass is 10.1. The SMILES string of the molecule is CCCNC(C)c1c(F)cccc1Oc1ccc(I)cc1. The van der Waals surface area contributed by atoms with Gasteiger partial charge < -0.3 is 10.1 Å². The average molecular weight is 399 g/mol. The van der Waals surface area contributed by atoms with Crippen LogP contribution in [0.2, 0.25) is 0 Å². The molecule has 1 atom stereocenters. The van der Waals surface area contributed by atoms with Crippen molar-refractivity contribution in [1.82, 2.24) is 5.32 Å². The largest absolute Gasteiger partial charge is 0.457 e. The third-order valence-corrected chi connectivity index (χ3v) is 3.91. The molecule has 0 saturated heterocycles. The van der Waals surface area contributed by atoms with Gasteiger partial charge in [0.05, 0.1) is 0 Å². The van der Waals surface area contributed by atoms with Gasteiger partial charge in [0.25, 0.3) is 0 Å². The molecule has 0 bridgehead atoms. The second-order valence-corrected chi connectivity index (χ2v) is 6.13. The molecule has 2 nitrogen and oxygen atoms in total. The Labute approximate surface area is 138 Å². The first-order valence-electron chi connectivity index (χ1n) is 7.07. The molecule has 0 aliphatic rings. The highest BCUT2D eigenvalue weighted by Gasteiger charge is 2.16. The van der Waals surface area contributed by atoms with Gasteiger partial charge >= 0.3 is 0 Å². The third kappa shape index (κ3) is 4.41. The smallest absolute Gasteiger partial charge is 0.135 e. The van der Waals surface area contributed by atoms with Crippen molar-refractivity contribution in [3.63, 3.8) is 0 Å². The van der Waals surface area contributed by atoms with Crippen molar-refractivity contribution >= 4 is 22.6 Å². The molecule has 2 rings (SSSR count). The van der Waals surface area contributed by atoms with Crippen molar-refractivity contribution in [1.29, 1.82) is 0 Å². The number of rotatable bonds is 6. The summed E-state index contributed by atoms with van der Waals surface area (Å²) in [7, 11) is 0. The molecular formula is C17H19FINO. The van der Waals surface area contributed by atoms with Gasteiger partial charge in [0.2, 0.25) is 0 Å². The highest BCUT2D eigenvalue weighted by molar-refractivity contribution is 14.1. The highest BCUT2D eigenvalue weighted by Crippen LogP contribution is 2.31. The van der Waals surface area contributed by atoms with Gasteiger partial charge in [-0.3, -0.25) is 0 Å². The lowest BCUT2D eigenvalue weighted by Crippen LogP contribution is -2.20. The zero-order valence-electron chi connectivity index (χ0n) is 12.2. The van der Waals surface area contributed by atoms with E-state index in [1.807, 2.05) is 31.2 Å². The molecular weight excluding hydrogens is 380 g/mol. The van der Waals surface area contributed by atoms with Crippen molar-refractivity contribution in [2.24, 2.45) is 0 Å². The third-order valence-electron chi connectivity index (χ3n) is 3.19. The van der Waals surface area contributed by atoms with Crippen LogP contribution in [0.25, 0.3) is 0 Å². The molecule has 0 heterocycles. The first kappa shape index (κ1) is 16.2. The van der Waals surface area contributed by atoms with Crippen molar-refractivity contribution in [3.05, 3.63) is 57.4 Å². The molecule has 1 N–H and O–H groups in total. The summed E-state index contributed by atoms with van der Waals surface area (Å²) in [4.78, 5) is 0. The Morgan fingerprint density at radius 3 is 2.57 bits per heavy atom. The van der Waals surface area contributed by atoms with Crippen LogP contribution < -0.4 is 10.1 Å². The van der Waals surface area contributed by atoms with E-state index in [2.05, 4.69) is 34.8 Å². The standard InChI is InChI=1S/C17H19FINO/c1-3-11-20-12(2)17-15(18)5-4-6-16(17)21-14-9-7-13(19)8-10-14/h4-10,12,20H,3,11H2,1-2H3. The predicted octanol–water partition coefficient (Wildman–Crippen LogP) is 5.28. The minimum Gasteiger partial charge on any atom is -0.457 e. The fourth-order valence-electron chi connectivity index (χ4n) is 2.12. The van der Waals surface area contributed by atoms with Crippen molar-refractivity contribution in [2.75, 3.05) is 6.54 Å². The summed E-state index contributed by atoms with van der Waals surface area (Å²) in [5.74, 6) is 1.03. The van der Waals surface area contributed by atoms with E-state index in [4.69, 9.17) is 4.74 Å². The second kappa shape index (κ2) is 7.75. The van der Waals surface area contributed by atoms with E-state index in [1.54, 1.807) is 12.1 Å². The van der Waals surface area contributed by atoms with E-state index >= 15 is 0 Å². The Balaban J connectivity index is 2.26. The molecule has 2 aromatic carbocycles. The molecule has 0 amide bonds. The summed E-state index contributed by atoms with van der Waals surface area (Å²) in [6.07, 6.45) is 1.01. The van der Waals surface area contributed by atoms with Crippen molar-refractivity contribution < 1.29 is 9.13 Å². The quantitative estimate of drug-likeness (QED) is 0.668. The lowest BCUT2D eigenvalue weighted by molar-refractivity contribution is 0.445. The molecule has 0 saturated carbocycles. The average Bonchev–Trinajstić information content (AvgIpc) is 2.47. The van der Waals surface area contributed by atoms with Crippen LogP contribution in [0.1, 0.15) is 31.9 Å². The molecule has 0 spiro atoms. The molecule has 112 valence electrons. The van der Waals surface area contributed by atoms with Crippen LogP contribution in [0.5, 0.6) is 11.5 Å². The van der Waals surface area contributed by atoms with E-state index < -0.39 is 0 Å². The summed E-state index contributed by atoms with van der Waals surface area (Å²) in [6, 6.07) is 12.6. The Kier molecular flexibility index (Phi) is 5.99. The van der Waals surface area contributed by atoms with Crippen LogP contribution in [0.15, 0.2) is 42.5 Å². The number of hydrogen-bond acceptors (Lipinski definition) is 2. The molecule has 2 aromatic rings. The maximum absolute atomic E-state index is 14.2. The second-order valence-electron chi connectivity index (χ2n) is 4.88. The highest BCUT2D eigenvalue weighted by atomic mass is 127. The summed E-state index contributed by atoms with van der Waals surface area (Å²) in [5.41, 5.74) is 0.574. The number of hydrogen-bond donors (Lipinski definition) is 1. The Hall–Kier alpha value is -1.14. The topological polar surface area (TPSA) is 21.3 Å². The fraction of sp³-hybridized carbons (Fsp3) is 0.294. The Morgan fingerprint density at radius 2 is 1.90 bits per heavy atom. The molecule has 0 aromatic heterocycles. The number of nitrogens with one attached hydrogen (secondary N) is 1. The number of benzene rings is 2. The lowest BCUT2D eigenvalue weighted by Gasteiger charge is -2.18. The van der Waals surface area contributed by atoms with Gasteiger partial charge in [0.15, 0.2) is 0 Å². The first-order valence-corrected chi connectivity index (χ1v) is 8.15. The summed E-state index contributed by atoms with van der Waals surface area (Å²) in [6.45, 7) is 4.89. The van der Waals surface area contributed by atoms with E-state index in [0.29, 0.717) is 17.1 Å². The van der Waals surface area contributed by atoms with Gasteiger partial charge in [0, 0.05) is 15.2 Å². The normalized spacial score (nSPS) is 12.2. The van der Waals surface area contributed by atoms with Crippen LogP contribution in [0.4, 0.5) is 4.39 Å². The summed E-state index contributed by atoms with van der Waals surface area (Å²) < 4.78 is 21.2. The monoisotopic (exact) mass is 399 g/mol. The van der Waals surface area contributed by atoms with Gasteiger partial charge in [-0.1, -0.05) is 13.0 Å². The van der Waals surface area contributed by atoms with Crippen LogP contribution in [-0.4, -0.2) is 6.54 Å². The minimum atomic E-state index is -0.242. The van der Waals surface area contributed by atoms with E-state index in [1.165, 1.54) is 6.07 Å². The van der Waals surface area contributed by atoms with Gasteiger partial charge in [0.1, 0.15) is 17.3 Å².